The minimum Gasteiger partial charge on any atom is -0.496 e. The van der Waals surface area contributed by atoms with Gasteiger partial charge >= 0.3 is 0 Å². The number of hydrogen-bond donors (Lipinski definition) is 0. The van der Waals surface area contributed by atoms with Gasteiger partial charge < -0.3 is 9.64 Å². The second kappa shape index (κ2) is 7.61. The molecule has 31 heavy (non-hydrogen) atoms. The largest absolute Gasteiger partial charge is 0.496 e. The maximum absolute atomic E-state index is 13.6. The number of nitrogens with zero attached hydrogens (tertiary/aromatic N) is 1. The normalized spacial score (nSPS) is 23.1. The number of ketones is 2. The van der Waals surface area contributed by atoms with E-state index in [2.05, 4.69) is 55.4 Å². The molecule has 0 aromatic heterocycles. The summed E-state index contributed by atoms with van der Waals surface area (Å²) in [6.07, 6.45) is 2.66. The fraction of sp³-hybridized carbons (Fsp3) is 0.538. The van der Waals surface area contributed by atoms with E-state index in [0.717, 1.165) is 52.0 Å². The summed E-state index contributed by atoms with van der Waals surface area (Å²) in [5, 5.41) is 0. The highest BCUT2D eigenvalue weighted by Crippen LogP contribution is 2.55. The van der Waals surface area contributed by atoms with E-state index in [9.17, 15) is 9.59 Å². The van der Waals surface area contributed by atoms with E-state index >= 15 is 0 Å². The second-order valence-corrected chi connectivity index (χ2v) is 11.6. The Morgan fingerprint density at radius 1 is 0.968 bits per heavy atom. The van der Waals surface area contributed by atoms with Gasteiger partial charge in [-0.2, -0.15) is 0 Å². The van der Waals surface area contributed by atoms with Crippen LogP contribution in [0.15, 0.2) is 45.2 Å². The zero-order valence-electron chi connectivity index (χ0n) is 19.4. The molecule has 1 aromatic rings. The molecule has 0 saturated heterocycles. The summed E-state index contributed by atoms with van der Waals surface area (Å²) in [5.41, 5.74) is 4.49. The van der Waals surface area contributed by atoms with Gasteiger partial charge in [-0.05, 0) is 48.8 Å². The van der Waals surface area contributed by atoms with Crippen molar-refractivity contribution in [1.29, 1.82) is 0 Å². The average molecular weight is 486 g/mol. The molecule has 0 radical (unpaired) electrons. The van der Waals surface area contributed by atoms with Crippen LogP contribution in [0.2, 0.25) is 0 Å². The first kappa shape index (κ1) is 22.3. The number of carbonyl (C=O) groups is 2. The van der Waals surface area contributed by atoms with E-state index in [1.807, 2.05) is 18.2 Å². The maximum atomic E-state index is 13.6. The zero-order valence-corrected chi connectivity index (χ0v) is 21.0. The molecule has 2 aliphatic carbocycles. The van der Waals surface area contributed by atoms with E-state index in [1.54, 1.807) is 7.11 Å². The smallest absolute Gasteiger partial charge is 0.162 e. The van der Waals surface area contributed by atoms with Gasteiger partial charge in [-0.1, -0.05) is 43.6 Å². The summed E-state index contributed by atoms with van der Waals surface area (Å²) < 4.78 is 6.63. The highest BCUT2D eigenvalue weighted by molar-refractivity contribution is 9.10. The fourth-order valence-corrected chi connectivity index (χ4v) is 6.05. The Morgan fingerprint density at radius 3 is 1.94 bits per heavy atom. The topological polar surface area (TPSA) is 46.6 Å². The van der Waals surface area contributed by atoms with Gasteiger partial charge in [0.25, 0.3) is 0 Å². The molecule has 0 saturated carbocycles. The molecule has 4 nitrogen and oxygen atoms in total. The third kappa shape index (κ3) is 3.79. The summed E-state index contributed by atoms with van der Waals surface area (Å²) in [5.74, 6) is 0.654. The van der Waals surface area contributed by atoms with Crippen molar-refractivity contribution in [3.05, 3.63) is 50.8 Å². The first-order chi connectivity index (χ1) is 14.5. The number of Topliss-reactive ketones (excluding diaryl/α,β-unsaturated/α-hetero) is 2. The van der Waals surface area contributed by atoms with Gasteiger partial charge in [0, 0.05) is 57.9 Å². The quantitative estimate of drug-likeness (QED) is 0.513. The van der Waals surface area contributed by atoms with Gasteiger partial charge in [-0.25, -0.2) is 0 Å². The van der Waals surface area contributed by atoms with Crippen LogP contribution in [-0.2, 0) is 9.59 Å². The predicted octanol–water partition coefficient (Wildman–Crippen LogP) is 6.16. The summed E-state index contributed by atoms with van der Waals surface area (Å²) in [7, 11) is 1.65. The number of hydrogen-bond acceptors (Lipinski definition) is 4. The first-order valence-corrected chi connectivity index (χ1v) is 11.9. The Kier molecular flexibility index (Phi) is 5.48. The van der Waals surface area contributed by atoms with Crippen molar-refractivity contribution >= 4 is 27.5 Å². The van der Waals surface area contributed by atoms with Crippen molar-refractivity contribution < 1.29 is 14.3 Å². The number of methoxy groups -OCH3 is 1. The number of benzene rings is 1. The minimum atomic E-state index is -0.368. The van der Waals surface area contributed by atoms with Crippen molar-refractivity contribution in [2.75, 3.05) is 13.7 Å². The van der Waals surface area contributed by atoms with Crippen LogP contribution in [0, 0.1) is 10.8 Å². The highest BCUT2D eigenvalue weighted by Gasteiger charge is 2.49. The molecule has 166 valence electrons. The maximum Gasteiger partial charge on any atom is 0.162 e. The van der Waals surface area contributed by atoms with Crippen LogP contribution in [0.3, 0.4) is 0 Å². The number of rotatable bonds is 3. The average Bonchev–Trinajstić information content (AvgIpc) is 2.64. The third-order valence-electron chi connectivity index (χ3n) is 6.84. The number of halogens is 1. The Hall–Kier alpha value is -1.88. The summed E-state index contributed by atoms with van der Waals surface area (Å²) in [6.45, 7) is 11.5. The molecule has 0 atom stereocenters. The molecule has 1 aromatic carbocycles. The van der Waals surface area contributed by atoms with Crippen molar-refractivity contribution in [3.8, 4) is 5.75 Å². The lowest BCUT2D eigenvalue weighted by Crippen LogP contribution is -2.44. The molecule has 0 spiro atoms. The second-order valence-electron chi connectivity index (χ2n) is 10.7. The SMILES string of the molecule is CCN1C2=C(C(=O)CC(C)(C)C2)C(c2cc(Br)ccc2OC)C2=C1CC(C)(C)CC2=O. The van der Waals surface area contributed by atoms with Crippen LogP contribution in [0.5, 0.6) is 5.75 Å². The summed E-state index contributed by atoms with van der Waals surface area (Å²) >= 11 is 3.59. The van der Waals surface area contributed by atoms with Crippen molar-refractivity contribution in [2.24, 2.45) is 10.8 Å². The van der Waals surface area contributed by atoms with Crippen LogP contribution >= 0.6 is 15.9 Å². The van der Waals surface area contributed by atoms with Gasteiger partial charge in [0.2, 0.25) is 0 Å². The summed E-state index contributed by atoms with van der Waals surface area (Å²) in [4.78, 5) is 29.5. The zero-order chi connectivity index (χ0) is 22.7. The Balaban J connectivity index is 2.04. The molecular weight excluding hydrogens is 454 g/mol. The Labute approximate surface area is 193 Å². The van der Waals surface area contributed by atoms with E-state index in [4.69, 9.17) is 4.74 Å². The molecule has 0 N–H and O–H groups in total. The molecule has 0 amide bonds. The van der Waals surface area contributed by atoms with Crippen LogP contribution in [-0.4, -0.2) is 30.1 Å². The number of ether oxygens (including phenoxy) is 1. The predicted molar refractivity (Wildman–Crippen MR) is 126 cm³/mol. The van der Waals surface area contributed by atoms with Crippen molar-refractivity contribution in [1.82, 2.24) is 4.90 Å². The first-order valence-electron chi connectivity index (χ1n) is 11.1. The molecule has 5 heteroatoms. The van der Waals surface area contributed by atoms with Crippen molar-refractivity contribution in [2.45, 2.75) is 66.2 Å². The molecule has 1 heterocycles. The number of allylic oxidation sites excluding steroid dienone is 4. The van der Waals surface area contributed by atoms with Gasteiger partial charge in [0.1, 0.15) is 5.75 Å². The third-order valence-corrected chi connectivity index (χ3v) is 7.33. The lowest BCUT2D eigenvalue weighted by atomic mass is 9.63. The monoisotopic (exact) mass is 485 g/mol. The van der Waals surface area contributed by atoms with Gasteiger partial charge in [0.05, 0.1) is 7.11 Å². The molecule has 0 unspecified atom stereocenters. The Morgan fingerprint density at radius 2 is 1.48 bits per heavy atom. The lowest BCUT2D eigenvalue weighted by Gasteiger charge is -2.49. The van der Waals surface area contributed by atoms with Crippen LogP contribution in [0.4, 0.5) is 0 Å². The van der Waals surface area contributed by atoms with Crippen LogP contribution in [0.1, 0.15) is 71.8 Å². The van der Waals surface area contributed by atoms with Crippen molar-refractivity contribution in [3.63, 3.8) is 0 Å². The van der Waals surface area contributed by atoms with E-state index in [0.29, 0.717) is 18.6 Å². The molecule has 0 fully saturated rings. The van der Waals surface area contributed by atoms with Gasteiger partial charge in [-0.3, -0.25) is 9.59 Å². The van der Waals surface area contributed by atoms with E-state index < -0.39 is 0 Å². The molecule has 1 aliphatic heterocycles. The van der Waals surface area contributed by atoms with Gasteiger partial charge in [-0.15, -0.1) is 0 Å². The minimum absolute atomic E-state index is 0.0957. The molecule has 4 rings (SSSR count). The van der Waals surface area contributed by atoms with Crippen LogP contribution in [0.25, 0.3) is 0 Å². The van der Waals surface area contributed by atoms with E-state index in [1.165, 1.54) is 0 Å². The standard InChI is InChI=1S/C26H32BrNO3/c1-7-28-17-11-25(2,3)13-19(29)23(17)22(16-10-15(27)8-9-21(16)31-6)24-18(28)12-26(4,5)14-20(24)30/h8-10,22H,7,11-14H2,1-6H3. The Bertz CT molecular complexity index is 977. The van der Waals surface area contributed by atoms with Gasteiger partial charge in [0.15, 0.2) is 11.6 Å². The molecular formula is C26H32BrNO3. The summed E-state index contributed by atoms with van der Waals surface area (Å²) in [6, 6.07) is 5.87. The molecule has 0 bridgehead atoms. The lowest BCUT2D eigenvalue weighted by molar-refractivity contribution is -0.119. The van der Waals surface area contributed by atoms with Crippen LogP contribution < -0.4 is 4.74 Å². The molecule has 3 aliphatic rings. The number of carbonyl (C=O) groups excluding carboxylic acids is 2. The highest BCUT2D eigenvalue weighted by atomic mass is 79.9. The van der Waals surface area contributed by atoms with E-state index in [-0.39, 0.29) is 28.3 Å². The fourth-order valence-electron chi connectivity index (χ4n) is 5.67.